The first kappa shape index (κ1) is 22.5. The Kier molecular flexibility index (Phi) is 7.27. The van der Waals surface area contributed by atoms with Gasteiger partial charge in [0.2, 0.25) is 5.90 Å². The van der Waals surface area contributed by atoms with Gasteiger partial charge in [-0.2, -0.15) is 0 Å². The Morgan fingerprint density at radius 2 is 1.97 bits per heavy atom. The highest BCUT2D eigenvalue weighted by Gasteiger charge is 2.26. The van der Waals surface area contributed by atoms with Crippen LogP contribution >= 0.6 is 43.5 Å². The summed E-state index contributed by atoms with van der Waals surface area (Å²) in [4.78, 5) is 26.9. The van der Waals surface area contributed by atoms with Gasteiger partial charge in [-0.15, -0.1) is 0 Å². The number of esters is 1. The molecule has 10 heteroatoms. The van der Waals surface area contributed by atoms with E-state index in [1.54, 1.807) is 18.2 Å². The van der Waals surface area contributed by atoms with Crippen LogP contribution in [-0.2, 0) is 9.53 Å². The summed E-state index contributed by atoms with van der Waals surface area (Å²) >= 11 is 12.8. The highest BCUT2D eigenvalue weighted by atomic mass is 79.9. The number of hydrogen-bond donors (Lipinski definition) is 0. The van der Waals surface area contributed by atoms with Crippen LogP contribution in [0.25, 0.3) is 6.08 Å². The van der Waals surface area contributed by atoms with Crippen LogP contribution in [0.15, 0.2) is 50.0 Å². The first-order valence-electron chi connectivity index (χ1n) is 8.89. The molecule has 1 aliphatic rings. The molecule has 0 aliphatic carbocycles. The van der Waals surface area contributed by atoms with Gasteiger partial charge in [0.05, 0.1) is 20.5 Å². The summed E-state index contributed by atoms with van der Waals surface area (Å²) in [6.45, 7) is 2.68. The summed E-state index contributed by atoms with van der Waals surface area (Å²) in [7, 11) is 0. The number of carbonyl (C=O) groups excluding carboxylic acids is 1. The van der Waals surface area contributed by atoms with Crippen molar-refractivity contribution in [2.45, 2.75) is 19.8 Å². The number of benzene rings is 2. The first-order chi connectivity index (χ1) is 14.3. The van der Waals surface area contributed by atoms with Crippen molar-refractivity contribution in [1.82, 2.24) is 0 Å². The molecule has 0 saturated carbocycles. The van der Waals surface area contributed by atoms with Gasteiger partial charge in [-0.05, 0) is 74.2 Å². The van der Waals surface area contributed by atoms with Gasteiger partial charge in [0, 0.05) is 11.6 Å². The highest BCUT2D eigenvalue weighted by molar-refractivity contribution is 9.11. The molecule has 0 aromatic heterocycles. The fraction of sp³-hybridized carbons (Fsp3) is 0.200. The number of nitro groups is 1. The molecule has 0 N–H and O–H groups in total. The van der Waals surface area contributed by atoms with E-state index in [9.17, 15) is 14.9 Å². The second kappa shape index (κ2) is 9.72. The maximum absolute atomic E-state index is 12.2. The van der Waals surface area contributed by atoms with E-state index in [1.807, 2.05) is 0 Å². The molecule has 0 bridgehead atoms. The number of unbranched alkanes of at least 4 members (excludes halogenated alkanes) is 1. The Hall–Kier alpha value is -2.23. The second-order valence-corrected chi connectivity index (χ2v) is 8.39. The fourth-order valence-electron chi connectivity index (χ4n) is 2.60. The Morgan fingerprint density at radius 3 is 2.60 bits per heavy atom. The normalized spacial score (nSPS) is 14.6. The predicted molar refractivity (Wildman–Crippen MR) is 121 cm³/mol. The van der Waals surface area contributed by atoms with Gasteiger partial charge in [0.15, 0.2) is 5.70 Å². The van der Waals surface area contributed by atoms with E-state index in [0.717, 1.165) is 21.8 Å². The number of nitrogens with zero attached hydrogens (tertiary/aromatic N) is 2. The van der Waals surface area contributed by atoms with Crippen molar-refractivity contribution < 1.29 is 19.2 Å². The molecule has 0 saturated heterocycles. The summed E-state index contributed by atoms with van der Waals surface area (Å²) in [6.07, 6.45) is 3.53. The van der Waals surface area contributed by atoms with E-state index in [0.29, 0.717) is 17.9 Å². The smallest absolute Gasteiger partial charge is 0.363 e. The standard InChI is InChI=1S/C20H15Br2ClN2O5/c1-2-3-6-29-18-13(21)7-11(8-14(18)22)9-16-20(26)30-19(24-16)12-4-5-15(23)17(10-12)25(27)28/h4-5,7-10H,2-3,6H2,1H3/b16-9-. The van der Waals surface area contributed by atoms with Crippen molar-refractivity contribution >= 4 is 67.1 Å². The summed E-state index contributed by atoms with van der Waals surface area (Å²) in [6, 6.07) is 7.67. The molecule has 2 aromatic carbocycles. The van der Waals surface area contributed by atoms with E-state index < -0.39 is 10.9 Å². The van der Waals surface area contributed by atoms with Gasteiger partial charge in [0.1, 0.15) is 10.8 Å². The lowest BCUT2D eigenvalue weighted by atomic mass is 10.2. The van der Waals surface area contributed by atoms with Crippen LogP contribution in [0.2, 0.25) is 5.02 Å². The first-order valence-corrected chi connectivity index (χ1v) is 10.8. The van der Waals surface area contributed by atoms with Crippen molar-refractivity contribution in [3.05, 3.63) is 71.2 Å². The van der Waals surface area contributed by atoms with Gasteiger partial charge in [0.25, 0.3) is 5.69 Å². The van der Waals surface area contributed by atoms with Crippen molar-refractivity contribution in [2.24, 2.45) is 4.99 Å². The average molecular weight is 559 g/mol. The van der Waals surface area contributed by atoms with Gasteiger partial charge in [-0.1, -0.05) is 24.9 Å². The molecular weight excluding hydrogens is 543 g/mol. The minimum Gasteiger partial charge on any atom is -0.491 e. The quantitative estimate of drug-likeness (QED) is 0.131. The Balaban J connectivity index is 1.89. The summed E-state index contributed by atoms with van der Waals surface area (Å²) in [5.74, 6) is -0.000880. The Bertz CT molecular complexity index is 1060. The molecule has 7 nitrogen and oxygen atoms in total. The summed E-state index contributed by atoms with van der Waals surface area (Å²) in [5, 5.41) is 11.1. The molecular formula is C20H15Br2ClN2O5. The van der Waals surface area contributed by atoms with Gasteiger partial charge in [-0.3, -0.25) is 10.1 Å². The van der Waals surface area contributed by atoms with Crippen LogP contribution in [0.3, 0.4) is 0 Å². The minimum atomic E-state index is -0.655. The zero-order valence-electron chi connectivity index (χ0n) is 15.7. The van der Waals surface area contributed by atoms with Crippen LogP contribution in [0, 0.1) is 10.1 Å². The van der Waals surface area contributed by atoms with E-state index >= 15 is 0 Å². The number of halogens is 3. The third-order valence-electron chi connectivity index (χ3n) is 4.08. The molecule has 0 spiro atoms. The molecule has 0 radical (unpaired) electrons. The van der Waals surface area contributed by atoms with E-state index in [-0.39, 0.29) is 27.9 Å². The molecule has 0 unspecified atom stereocenters. The van der Waals surface area contributed by atoms with Crippen molar-refractivity contribution in [3.63, 3.8) is 0 Å². The number of hydrogen-bond acceptors (Lipinski definition) is 6. The average Bonchev–Trinajstić information content (AvgIpc) is 3.04. The number of carbonyl (C=O) groups is 1. The van der Waals surface area contributed by atoms with E-state index in [2.05, 4.69) is 43.8 Å². The topological polar surface area (TPSA) is 91.0 Å². The number of cyclic esters (lactones) is 1. The third kappa shape index (κ3) is 5.08. The second-order valence-electron chi connectivity index (χ2n) is 6.28. The van der Waals surface area contributed by atoms with Crippen molar-refractivity contribution in [2.75, 3.05) is 6.61 Å². The lowest BCUT2D eigenvalue weighted by Gasteiger charge is -2.11. The maximum atomic E-state index is 12.2. The van der Waals surface area contributed by atoms with Crippen LogP contribution in [0.1, 0.15) is 30.9 Å². The molecule has 3 rings (SSSR count). The number of nitro benzene ring substituents is 1. The largest absolute Gasteiger partial charge is 0.491 e. The van der Waals surface area contributed by atoms with Crippen LogP contribution in [0.5, 0.6) is 5.75 Å². The van der Waals surface area contributed by atoms with Gasteiger partial charge < -0.3 is 9.47 Å². The molecule has 30 heavy (non-hydrogen) atoms. The van der Waals surface area contributed by atoms with E-state index in [4.69, 9.17) is 21.1 Å². The number of ether oxygens (including phenoxy) is 2. The van der Waals surface area contributed by atoms with Crippen LogP contribution in [-0.4, -0.2) is 23.4 Å². The monoisotopic (exact) mass is 556 g/mol. The zero-order valence-corrected chi connectivity index (χ0v) is 19.6. The molecule has 1 aliphatic heterocycles. The number of aliphatic imine (C=N–C) groups is 1. The third-order valence-corrected chi connectivity index (χ3v) is 5.58. The van der Waals surface area contributed by atoms with E-state index in [1.165, 1.54) is 18.2 Å². The molecule has 1 heterocycles. The lowest BCUT2D eigenvalue weighted by Crippen LogP contribution is -2.06. The zero-order chi connectivity index (χ0) is 21.8. The van der Waals surface area contributed by atoms with Crippen LogP contribution in [0.4, 0.5) is 5.69 Å². The SMILES string of the molecule is CCCCOc1c(Br)cc(/C=C2\N=C(c3ccc(Cl)c([N+](=O)[O-])c3)OC2=O)cc1Br. The molecule has 0 fully saturated rings. The van der Waals surface area contributed by atoms with Crippen LogP contribution < -0.4 is 4.74 Å². The summed E-state index contributed by atoms with van der Waals surface area (Å²) in [5.41, 5.74) is 0.749. The molecule has 156 valence electrons. The molecule has 0 atom stereocenters. The highest BCUT2D eigenvalue weighted by Crippen LogP contribution is 2.36. The Morgan fingerprint density at radius 1 is 1.27 bits per heavy atom. The Labute approximate surface area is 194 Å². The summed E-state index contributed by atoms with van der Waals surface area (Å²) < 4.78 is 12.4. The van der Waals surface area contributed by atoms with Crippen molar-refractivity contribution in [3.8, 4) is 5.75 Å². The fourth-order valence-corrected chi connectivity index (χ4v) is 4.23. The minimum absolute atomic E-state index is 0.0135. The molecule has 2 aromatic rings. The van der Waals surface area contributed by atoms with Crippen molar-refractivity contribution in [1.29, 1.82) is 0 Å². The van der Waals surface area contributed by atoms with Gasteiger partial charge in [-0.25, -0.2) is 9.79 Å². The number of rotatable bonds is 7. The lowest BCUT2D eigenvalue weighted by molar-refractivity contribution is -0.384. The predicted octanol–water partition coefficient (Wildman–Crippen LogP) is 6.30. The maximum Gasteiger partial charge on any atom is 0.363 e. The van der Waals surface area contributed by atoms with Gasteiger partial charge >= 0.3 is 5.97 Å². The molecule has 0 amide bonds.